The first-order valence-electron chi connectivity index (χ1n) is 6.96. The monoisotopic (exact) mass is 276 g/mol. The third-order valence-electron chi connectivity index (χ3n) is 3.92. The molecule has 102 valence electrons. The van der Waals surface area contributed by atoms with E-state index in [1.54, 1.807) is 11.3 Å². The highest BCUT2D eigenvalue weighted by atomic mass is 32.1. The molecule has 0 radical (unpaired) electrons. The van der Waals surface area contributed by atoms with Crippen LogP contribution in [0, 0.1) is 0 Å². The smallest absolute Gasteiger partial charge is 0.0794 e. The Morgan fingerprint density at radius 1 is 1.47 bits per heavy atom. The Morgan fingerprint density at radius 3 is 3.00 bits per heavy atom. The number of aromatic nitrogens is 3. The molecule has 2 aromatic heterocycles. The molecule has 0 saturated heterocycles. The van der Waals surface area contributed by atoms with Crippen LogP contribution in [0.4, 0.5) is 0 Å². The first-order chi connectivity index (χ1) is 9.36. The first-order valence-corrected chi connectivity index (χ1v) is 7.84. The molecule has 0 aromatic carbocycles. The Labute approximate surface area is 117 Å². The van der Waals surface area contributed by atoms with Crippen molar-refractivity contribution in [2.75, 3.05) is 7.05 Å². The molecule has 1 fully saturated rings. The van der Waals surface area contributed by atoms with Crippen LogP contribution in [-0.4, -0.2) is 21.8 Å². The van der Waals surface area contributed by atoms with Gasteiger partial charge in [0.15, 0.2) is 0 Å². The molecular weight excluding hydrogens is 256 g/mol. The van der Waals surface area contributed by atoms with Crippen molar-refractivity contribution in [3.8, 4) is 0 Å². The Hall–Kier alpha value is -1.20. The largest absolute Gasteiger partial charge is 0.312 e. The summed E-state index contributed by atoms with van der Waals surface area (Å²) in [5.74, 6) is 0. The topological polar surface area (TPSA) is 42.7 Å². The normalized spacial score (nSPS) is 17.9. The maximum atomic E-state index is 4.75. The Morgan fingerprint density at radius 2 is 2.32 bits per heavy atom. The van der Waals surface area contributed by atoms with Gasteiger partial charge in [0.25, 0.3) is 0 Å². The molecule has 3 rings (SSSR count). The molecule has 1 atom stereocenters. The minimum Gasteiger partial charge on any atom is -0.312 e. The van der Waals surface area contributed by atoms with E-state index in [0.29, 0.717) is 12.1 Å². The number of hydrogen-bond acceptors (Lipinski definition) is 4. The van der Waals surface area contributed by atoms with Crippen molar-refractivity contribution >= 4 is 11.3 Å². The van der Waals surface area contributed by atoms with Gasteiger partial charge in [0.05, 0.1) is 17.2 Å². The van der Waals surface area contributed by atoms with E-state index in [2.05, 4.69) is 27.2 Å². The number of hydrogen-bond donors (Lipinski definition) is 1. The molecule has 0 aliphatic heterocycles. The van der Waals surface area contributed by atoms with Gasteiger partial charge in [-0.2, -0.15) is 5.10 Å². The van der Waals surface area contributed by atoms with E-state index in [0.717, 1.165) is 6.42 Å². The quantitative estimate of drug-likeness (QED) is 0.913. The minimum atomic E-state index is 0.319. The Balaban J connectivity index is 1.69. The lowest BCUT2D eigenvalue weighted by Gasteiger charge is -2.13. The van der Waals surface area contributed by atoms with Gasteiger partial charge in [0, 0.05) is 29.7 Å². The summed E-state index contributed by atoms with van der Waals surface area (Å²) in [7, 11) is 2.00. The van der Waals surface area contributed by atoms with Crippen LogP contribution >= 0.6 is 11.3 Å². The summed E-state index contributed by atoms with van der Waals surface area (Å²) in [6.07, 6.45) is 10.3. The van der Waals surface area contributed by atoms with Crippen LogP contribution in [0.15, 0.2) is 24.0 Å². The van der Waals surface area contributed by atoms with Crippen LogP contribution in [0.5, 0.6) is 0 Å². The molecule has 5 heteroatoms. The Kier molecular flexibility index (Phi) is 3.94. The molecule has 2 aromatic rings. The van der Waals surface area contributed by atoms with Gasteiger partial charge in [0.2, 0.25) is 0 Å². The lowest BCUT2D eigenvalue weighted by molar-refractivity contribution is 0.459. The molecule has 1 unspecified atom stereocenters. The van der Waals surface area contributed by atoms with E-state index in [1.807, 2.05) is 18.8 Å². The van der Waals surface area contributed by atoms with Gasteiger partial charge in [-0.05, 0) is 26.0 Å². The maximum absolute atomic E-state index is 4.75. The zero-order valence-electron chi connectivity index (χ0n) is 11.2. The van der Waals surface area contributed by atoms with Crippen LogP contribution < -0.4 is 5.32 Å². The van der Waals surface area contributed by atoms with Crippen LogP contribution in [0.25, 0.3) is 0 Å². The van der Waals surface area contributed by atoms with Crippen molar-refractivity contribution in [3.63, 3.8) is 0 Å². The molecule has 0 bridgehead atoms. The van der Waals surface area contributed by atoms with Crippen molar-refractivity contribution in [2.24, 2.45) is 0 Å². The molecule has 4 nitrogen and oxygen atoms in total. The second-order valence-corrected chi connectivity index (χ2v) is 6.09. The number of rotatable bonds is 5. The van der Waals surface area contributed by atoms with Gasteiger partial charge in [-0.25, -0.2) is 0 Å². The second-order valence-electron chi connectivity index (χ2n) is 5.17. The van der Waals surface area contributed by atoms with Crippen LogP contribution in [0.1, 0.15) is 48.3 Å². The summed E-state index contributed by atoms with van der Waals surface area (Å²) in [5, 5.41) is 8.10. The summed E-state index contributed by atoms with van der Waals surface area (Å²) < 4.78 is 2.17. The summed E-state index contributed by atoms with van der Waals surface area (Å²) in [4.78, 5) is 5.43. The van der Waals surface area contributed by atoms with Crippen LogP contribution in [0.2, 0.25) is 0 Å². The van der Waals surface area contributed by atoms with E-state index in [-0.39, 0.29) is 0 Å². The van der Waals surface area contributed by atoms with E-state index in [1.165, 1.54) is 36.3 Å². The van der Waals surface area contributed by atoms with Crippen molar-refractivity contribution in [1.82, 2.24) is 20.1 Å². The summed E-state index contributed by atoms with van der Waals surface area (Å²) in [6, 6.07) is 3.11. The predicted molar refractivity (Wildman–Crippen MR) is 77.4 cm³/mol. The number of nitrogens with zero attached hydrogens (tertiary/aromatic N) is 3. The SMILES string of the molecule is CNC(Cc1ccn(C2CCCC2)n1)c1cncs1. The molecular formula is C14H20N4S. The Bertz CT molecular complexity index is 499. The van der Waals surface area contributed by atoms with Crippen molar-refractivity contribution < 1.29 is 0 Å². The molecule has 0 amide bonds. The van der Waals surface area contributed by atoms with Gasteiger partial charge in [-0.15, -0.1) is 11.3 Å². The summed E-state index contributed by atoms with van der Waals surface area (Å²) in [6.45, 7) is 0. The molecule has 1 aliphatic rings. The number of thiazole rings is 1. The molecule has 19 heavy (non-hydrogen) atoms. The summed E-state index contributed by atoms with van der Waals surface area (Å²) in [5.41, 5.74) is 3.05. The fourth-order valence-electron chi connectivity index (χ4n) is 2.81. The minimum absolute atomic E-state index is 0.319. The number of likely N-dealkylation sites (N-methyl/N-ethyl adjacent to an activating group) is 1. The van der Waals surface area contributed by atoms with Gasteiger partial charge >= 0.3 is 0 Å². The van der Waals surface area contributed by atoms with Crippen molar-refractivity contribution in [2.45, 2.75) is 44.2 Å². The van der Waals surface area contributed by atoms with Gasteiger partial charge in [-0.1, -0.05) is 12.8 Å². The maximum Gasteiger partial charge on any atom is 0.0794 e. The molecule has 1 N–H and O–H groups in total. The zero-order valence-corrected chi connectivity index (χ0v) is 12.1. The third-order valence-corrected chi connectivity index (χ3v) is 4.81. The lowest BCUT2D eigenvalue weighted by Crippen LogP contribution is -2.18. The van der Waals surface area contributed by atoms with Gasteiger partial charge in [0.1, 0.15) is 0 Å². The van der Waals surface area contributed by atoms with E-state index in [4.69, 9.17) is 5.10 Å². The fraction of sp³-hybridized carbons (Fsp3) is 0.571. The fourth-order valence-corrected chi connectivity index (χ4v) is 3.54. The van der Waals surface area contributed by atoms with E-state index >= 15 is 0 Å². The zero-order chi connectivity index (χ0) is 13.1. The van der Waals surface area contributed by atoms with Gasteiger partial charge in [-0.3, -0.25) is 9.67 Å². The van der Waals surface area contributed by atoms with Crippen LogP contribution in [-0.2, 0) is 6.42 Å². The average molecular weight is 276 g/mol. The standard InChI is InChI=1S/C14H20N4S/c1-15-13(14-9-16-10-19-14)8-11-6-7-18(17-11)12-4-2-3-5-12/h6-7,9-10,12-13,15H,2-5,8H2,1H3. The molecule has 1 aliphatic carbocycles. The van der Waals surface area contributed by atoms with E-state index in [9.17, 15) is 0 Å². The highest BCUT2D eigenvalue weighted by Gasteiger charge is 2.19. The van der Waals surface area contributed by atoms with Crippen LogP contribution in [0.3, 0.4) is 0 Å². The molecule has 0 spiro atoms. The lowest BCUT2D eigenvalue weighted by atomic mass is 10.1. The van der Waals surface area contributed by atoms with Crippen molar-refractivity contribution in [1.29, 1.82) is 0 Å². The highest BCUT2D eigenvalue weighted by Crippen LogP contribution is 2.29. The number of nitrogens with one attached hydrogen (secondary N) is 1. The molecule has 2 heterocycles. The average Bonchev–Trinajstić information content (AvgIpc) is 3.15. The molecule has 1 saturated carbocycles. The highest BCUT2D eigenvalue weighted by molar-refractivity contribution is 7.09. The first kappa shape index (κ1) is 12.8. The third kappa shape index (κ3) is 2.87. The predicted octanol–water partition coefficient (Wildman–Crippen LogP) is 2.96. The van der Waals surface area contributed by atoms with E-state index < -0.39 is 0 Å². The van der Waals surface area contributed by atoms with Gasteiger partial charge < -0.3 is 5.32 Å². The van der Waals surface area contributed by atoms with Crippen molar-refractivity contribution in [3.05, 3.63) is 34.5 Å². The summed E-state index contributed by atoms with van der Waals surface area (Å²) >= 11 is 1.70. The second kappa shape index (κ2) is 5.84.